The van der Waals surface area contributed by atoms with E-state index in [1.807, 2.05) is 30.3 Å². The molecule has 2 unspecified atom stereocenters. The quantitative estimate of drug-likeness (QED) is 0.386. The predicted molar refractivity (Wildman–Crippen MR) is 96.9 cm³/mol. The molecule has 0 aromatic heterocycles. The lowest BCUT2D eigenvalue weighted by atomic mass is 10.0. The number of benzene rings is 1. The van der Waals surface area contributed by atoms with Crippen LogP contribution in [-0.2, 0) is 18.8 Å². The van der Waals surface area contributed by atoms with Crippen molar-refractivity contribution in [3.05, 3.63) is 35.9 Å². The molecule has 0 fully saturated rings. The van der Waals surface area contributed by atoms with Gasteiger partial charge in [-0.2, -0.15) is 0 Å². The zero-order chi connectivity index (χ0) is 18.6. The van der Waals surface area contributed by atoms with Crippen molar-refractivity contribution >= 4 is 27.9 Å². The summed E-state index contributed by atoms with van der Waals surface area (Å²) >= 11 is 3.58. The van der Waals surface area contributed by atoms with Gasteiger partial charge in [-0.15, -0.1) is 0 Å². The molecule has 0 aliphatic rings. The Labute approximate surface area is 152 Å². The summed E-state index contributed by atoms with van der Waals surface area (Å²) in [5, 5.41) is 16.3. The molecule has 5 nitrogen and oxygen atoms in total. The Balaban J connectivity index is 0.000000640. The van der Waals surface area contributed by atoms with E-state index in [4.69, 9.17) is 14.9 Å². The lowest BCUT2D eigenvalue weighted by Crippen LogP contribution is -2.24. The molecular formula is C18H27BrO5. The highest BCUT2D eigenvalue weighted by atomic mass is 79.9. The van der Waals surface area contributed by atoms with E-state index < -0.39 is 16.6 Å². The van der Waals surface area contributed by atoms with Gasteiger partial charge >= 0.3 is 11.9 Å². The van der Waals surface area contributed by atoms with Gasteiger partial charge in [0.1, 0.15) is 0 Å². The number of ether oxygens (including phenoxy) is 1. The zero-order valence-corrected chi connectivity index (χ0v) is 16.1. The second-order valence-corrected chi connectivity index (χ2v) is 6.69. The number of hydrogen-bond acceptors (Lipinski definition) is 4. The van der Waals surface area contributed by atoms with Crippen molar-refractivity contribution in [1.29, 1.82) is 0 Å². The van der Waals surface area contributed by atoms with E-state index in [0.717, 1.165) is 31.2 Å². The molecule has 6 heteroatoms. The van der Waals surface area contributed by atoms with E-state index in [-0.39, 0.29) is 12.4 Å². The van der Waals surface area contributed by atoms with Crippen molar-refractivity contribution in [1.82, 2.24) is 0 Å². The summed E-state index contributed by atoms with van der Waals surface area (Å²) in [4.78, 5) is 20.9. The molecule has 0 spiro atoms. The number of aliphatic hydroxyl groups excluding tert-OH is 1. The van der Waals surface area contributed by atoms with Gasteiger partial charge in [0, 0.05) is 18.9 Å². The number of aliphatic hydroxyl groups is 1. The molecule has 0 saturated carbocycles. The SMILES string of the molecule is CCC(O)C(=O)O.CCCCCC(Br)(OC(C)=O)c1ccccc1. The van der Waals surface area contributed by atoms with E-state index in [9.17, 15) is 9.59 Å². The third kappa shape index (κ3) is 9.03. The molecule has 2 atom stereocenters. The van der Waals surface area contributed by atoms with Crippen LogP contribution in [0.5, 0.6) is 0 Å². The Morgan fingerprint density at radius 3 is 2.17 bits per heavy atom. The molecule has 0 bridgehead atoms. The third-order valence-corrected chi connectivity index (χ3v) is 4.30. The maximum atomic E-state index is 11.2. The zero-order valence-electron chi connectivity index (χ0n) is 14.5. The maximum absolute atomic E-state index is 11.2. The molecule has 0 aliphatic carbocycles. The monoisotopic (exact) mass is 402 g/mol. The summed E-state index contributed by atoms with van der Waals surface area (Å²) in [5.74, 6) is -1.41. The third-order valence-electron chi connectivity index (χ3n) is 3.28. The number of halogens is 1. The minimum Gasteiger partial charge on any atom is -0.479 e. The first-order valence-corrected chi connectivity index (χ1v) is 8.91. The van der Waals surface area contributed by atoms with E-state index >= 15 is 0 Å². The van der Waals surface area contributed by atoms with Crippen molar-refractivity contribution in [2.45, 2.75) is 63.5 Å². The number of carboxylic acids is 1. The van der Waals surface area contributed by atoms with Gasteiger partial charge in [-0.05, 0) is 28.8 Å². The van der Waals surface area contributed by atoms with E-state index in [0.29, 0.717) is 0 Å². The maximum Gasteiger partial charge on any atom is 0.332 e. The molecule has 2 N–H and O–H groups in total. The topological polar surface area (TPSA) is 83.8 Å². The van der Waals surface area contributed by atoms with Gasteiger partial charge in [-0.25, -0.2) is 4.79 Å². The highest BCUT2D eigenvalue weighted by Crippen LogP contribution is 2.38. The summed E-state index contributed by atoms with van der Waals surface area (Å²) in [7, 11) is 0. The Morgan fingerprint density at radius 1 is 1.21 bits per heavy atom. The fraction of sp³-hybridized carbons (Fsp3) is 0.556. The van der Waals surface area contributed by atoms with Crippen LogP contribution in [0.1, 0.15) is 58.4 Å². The van der Waals surface area contributed by atoms with Crippen LogP contribution in [0, 0.1) is 0 Å². The normalized spacial score (nSPS) is 13.9. The molecule has 24 heavy (non-hydrogen) atoms. The van der Waals surface area contributed by atoms with Crippen LogP contribution in [0.25, 0.3) is 0 Å². The van der Waals surface area contributed by atoms with Gasteiger partial charge in [-0.1, -0.05) is 57.0 Å². The van der Waals surface area contributed by atoms with Gasteiger partial charge in [-0.3, -0.25) is 4.79 Å². The second kappa shape index (κ2) is 12.0. The first-order chi connectivity index (χ1) is 11.3. The number of carbonyl (C=O) groups is 2. The van der Waals surface area contributed by atoms with Gasteiger partial charge in [0.25, 0.3) is 0 Å². The summed E-state index contributed by atoms with van der Waals surface area (Å²) < 4.78 is 4.78. The van der Waals surface area contributed by atoms with Crippen molar-refractivity contribution in [2.24, 2.45) is 0 Å². The standard InChI is InChI=1S/C14H19BrO2.C4H8O3/c1-3-4-8-11-14(15,17-12(2)16)13-9-6-5-7-10-13;1-2-3(5)4(6)7/h5-7,9-10H,3-4,8,11H2,1-2H3;3,5H,2H2,1H3,(H,6,7). The molecule has 0 aliphatic heterocycles. The number of alkyl halides is 1. The fourth-order valence-electron chi connectivity index (χ4n) is 1.95. The second-order valence-electron chi connectivity index (χ2n) is 5.41. The molecule has 1 aromatic rings. The summed E-state index contributed by atoms with van der Waals surface area (Å²) in [6.45, 7) is 5.21. The van der Waals surface area contributed by atoms with Crippen LogP contribution in [0.4, 0.5) is 0 Å². The molecule has 1 rings (SSSR count). The molecule has 0 heterocycles. The van der Waals surface area contributed by atoms with Gasteiger partial charge in [0.15, 0.2) is 10.6 Å². The van der Waals surface area contributed by atoms with E-state index in [1.54, 1.807) is 6.92 Å². The van der Waals surface area contributed by atoms with Crippen LogP contribution < -0.4 is 0 Å². The highest BCUT2D eigenvalue weighted by Gasteiger charge is 2.31. The number of esters is 1. The molecule has 0 amide bonds. The predicted octanol–water partition coefficient (Wildman–Crippen LogP) is 4.22. The molecule has 0 radical (unpaired) electrons. The lowest BCUT2D eigenvalue weighted by Gasteiger charge is -2.27. The lowest BCUT2D eigenvalue weighted by molar-refractivity contribution is -0.149. The largest absolute Gasteiger partial charge is 0.479 e. The van der Waals surface area contributed by atoms with E-state index in [2.05, 4.69) is 22.9 Å². The first kappa shape index (κ1) is 22.6. The Morgan fingerprint density at radius 2 is 1.79 bits per heavy atom. The Bertz CT molecular complexity index is 491. The minimum absolute atomic E-state index is 0.262. The fourth-order valence-corrected chi connectivity index (χ4v) is 2.72. The average molecular weight is 403 g/mol. The molecule has 0 saturated heterocycles. The van der Waals surface area contributed by atoms with Crippen LogP contribution >= 0.6 is 15.9 Å². The van der Waals surface area contributed by atoms with Crippen molar-refractivity contribution in [3.8, 4) is 0 Å². The van der Waals surface area contributed by atoms with Crippen LogP contribution in [-0.4, -0.2) is 28.3 Å². The van der Waals surface area contributed by atoms with Crippen LogP contribution in [0.15, 0.2) is 30.3 Å². The van der Waals surface area contributed by atoms with E-state index in [1.165, 1.54) is 6.92 Å². The molecule has 136 valence electrons. The molecule has 1 aromatic carbocycles. The summed E-state index contributed by atoms with van der Waals surface area (Å²) in [6.07, 6.45) is 3.21. The smallest absolute Gasteiger partial charge is 0.332 e. The van der Waals surface area contributed by atoms with Crippen LogP contribution in [0.2, 0.25) is 0 Å². The van der Waals surface area contributed by atoms with Gasteiger partial charge < -0.3 is 14.9 Å². The number of carboxylic acid groups (broad SMARTS) is 1. The van der Waals surface area contributed by atoms with Crippen molar-refractivity contribution in [3.63, 3.8) is 0 Å². The first-order valence-electron chi connectivity index (χ1n) is 8.11. The molecular weight excluding hydrogens is 376 g/mol. The van der Waals surface area contributed by atoms with Gasteiger partial charge in [0.2, 0.25) is 0 Å². The number of unbranched alkanes of at least 4 members (excludes halogenated alkanes) is 2. The summed E-state index contributed by atoms with van der Waals surface area (Å²) in [5.41, 5.74) is 0.992. The highest BCUT2D eigenvalue weighted by molar-refractivity contribution is 9.09. The summed E-state index contributed by atoms with van der Waals surface area (Å²) in [6, 6.07) is 9.81. The number of rotatable bonds is 8. The average Bonchev–Trinajstić information content (AvgIpc) is 2.55. The van der Waals surface area contributed by atoms with Crippen LogP contribution in [0.3, 0.4) is 0 Å². The minimum atomic E-state index is -1.18. The van der Waals surface area contributed by atoms with Crippen molar-refractivity contribution < 1.29 is 24.5 Å². The van der Waals surface area contributed by atoms with Crippen molar-refractivity contribution in [2.75, 3.05) is 0 Å². The Hall–Kier alpha value is -1.40. The number of hydrogen-bond donors (Lipinski definition) is 2. The van der Waals surface area contributed by atoms with Gasteiger partial charge in [0.05, 0.1) is 0 Å². The number of carbonyl (C=O) groups excluding carboxylic acids is 1. The Kier molecular flexibility index (Phi) is 11.3. The number of aliphatic carboxylic acids is 1.